The molecule has 1 rings (SSSR count). The maximum absolute atomic E-state index is 13.6. The van der Waals surface area contributed by atoms with Crippen LogP contribution >= 0.6 is 0 Å². The quantitative estimate of drug-likeness (QED) is 0.0213. The fourth-order valence-corrected chi connectivity index (χ4v) is 5.99. The molecule has 0 saturated heterocycles. The third-order valence-corrected chi connectivity index (χ3v) is 9.55. The third-order valence-electron chi connectivity index (χ3n) is 9.55. The zero-order valence-corrected chi connectivity index (χ0v) is 37.9. The summed E-state index contributed by atoms with van der Waals surface area (Å²) in [5.74, 6) is -8.90. The molecule has 0 heterocycles. The summed E-state index contributed by atoms with van der Waals surface area (Å²) in [5.41, 5.74) is 17.2. The second kappa shape index (κ2) is 28.4. The lowest BCUT2D eigenvalue weighted by molar-refractivity contribution is -0.144. The van der Waals surface area contributed by atoms with Gasteiger partial charge in [-0.05, 0) is 57.4 Å². The van der Waals surface area contributed by atoms with Crippen LogP contribution in [0.5, 0.6) is 0 Å². The third kappa shape index (κ3) is 21.7. The van der Waals surface area contributed by atoms with Crippen LogP contribution in [0, 0.1) is 11.8 Å². The molecule has 8 amide bonds. The summed E-state index contributed by atoms with van der Waals surface area (Å²) < 4.78 is 0. The first-order chi connectivity index (χ1) is 30.3. The fraction of sp³-hybridized carbons (Fsp3) is 0.610. The lowest BCUT2D eigenvalue weighted by atomic mass is 10.0. The largest absolute Gasteiger partial charge is 0.480 e. The number of carboxylic acids is 1. The monoisotopic (exact) mass is 921 g/mol. The van der Waals surface area contributed by atoms with Gasteiger partial charge in [-0.3, -0.25) is 43.3 Å². The number of hydrogen-bond acceptors (Lipinski definition) is 13. The summed E-state index contributed by atoms with van der Waals surface area (Å²) in [6.07, 6.45) is -2.60. The Hall–Kier alpha value is -6.40. The Bertz CT molecular complexity index is 1810. The molecule has 24 nitrogen and oxygen atoms in total. The van der Waals surface area contributed by atoms with Gasteiger partial charge in [-0.1, -0.05) is 58.0 Å². The summed E-state index contributed by atoms with van der Waals surface area (Å²) in [5, 5.41) is 49.2. The molecular weight excluding hydrogens is 853 g/mol. The van der Waals surface area contributed by atoms with Gasteiger partial charge in [0.1, 0.15) is 36.3 Å². The number of carbonyl (C=O) groups is 9. The van der Waals surface area contributed by atoms with E-state index in [-0.39, 0.29) is 37.7 Å². The van der Waals surface area contributed by atoms with E-state index in [4.69, 9.17) is 17.2 Å². The number of carboxylic acid groups (broad SMARTS) is 1. The number of aliphatic hydroxyl groups excluding tert-OH is 2. The number of nitrogens with two attached hydrogens (primary N) is 3. The molecule has 0 radical (unpaired) electrons. The lowest BCUT2D eigenvalue weighted by Gasteiger charge is -2.27. The van der Waals surface area contributed by atoms with E-state index in [1.165, 1.54) is 20.8 Å². The Balaban J connectivity index is 3.09. The SMILES string of the molecule is CC(C)C[C@H](N)C(=O)N[C@@H](C)C(=O)N[C@H](C(=O)NCC(=O)N[C@@H](CCCN=C(N)N)C(=O)NCC(=O)N[C@@H](Cc1ccccc1)C(=O)N[C@H](C(=O)N[C@H](C(=O)O)C(C)C)[C@@H](C)O)[C@@H](C)O. The van der Waals surface area contributed by atoms with Crippen molar-refractivity contribution in [1.82, 2.24) is 42.5 Å². The summed E-state index contributed by atoms with van der Waals surface area (Å²) in [6.45, 7) is 9.23. The molecule has 1 aromatic carbocycles. The van der Waals surface area contributed by atoms with E-state index < -0.39 is 127 Å². The Morgan fingerprint density at radius 2 is 1.12 bits per heavy atom. The highest BCUT2D eigenvalue weighted by atomic mass is 16.4. The van der Waals surface area contributed by atoms with Crippen molar-refractivity contribution in [2.75, 3.05) is 19.6 Å². The number of nitrogens with zero attached hydrogens (tertiary/aromatic N) is 1. The molecular formula is C41H68N12O12. The minimum absolute atomic E-state index is 0.0493. The van der Waals surface area contributed by atoms with Crippen LogP contribution < -0.4 is 59.7 Å². The number of amides is 8. The summed E-state index contributed by atoms with van der Waals surface area (Å²) >= 11 is 0. The highest BCUT2D eigenvalue weighted by molar-refractivity contribution is 5.97. The highest BCUT2D eigenvalue weighted by Gasteiger charge is 2.34. The summed E-state index contributed by atoms with van der Waals surface area (Å²) in [7, 11) is 0. The number of nitrogens with one attached hydrogen (secondary N) is 8. The minimum Gasteiger partial charge on any atom is -0.480 e. The van der Waals surface area contributed by atoms with Gasteiger partial charge in [0.25, 0.3) is 0 Å². The van der Waals surface area contributed by atoms with Crippen molar-refractivity contribution >= 4 is 59.2 Å². The predicted octanol–water partition coefficient (Wildman–Crippen LogP) is -4.68. The van der Waals surface area contributed by atoms with Crippen LogP contribution in [-0.4, -0.2) is 149 Å². The summed E-state index contributed by atoms with van der Waals surface area (Å²) in [4.78, 5) is 120. The first-order valence-corrected chi connectivity index (χ1v) is 21.1. The molecule has 65 heavy (non-hydrogen) atoms. The molecule has 0 fully saturated rings. The van der Waals surface area contributed by atoms with Crippen LogP contribution in [0.2, 0.25) is 0 Å². The second-order valence-electron chi connectivity index (χ2n) is 16.3. The van der Waals surface area contributed by atoms with Crippen molar-refractivity contribution in [2.45, 2.75) is 129 Å². The Morgan fingerprint density at radius 1 is 0.615 bits per heavy atom. The van der Waals surface area contributed by atoms with E-state index in [2.05, 4.69) is 47.5 Å². The zero-order valence-electron chi connectivity index (χ0n) is 37.9. The van der Waals surface area contributed by atoms with Crippen LogP contribution in [0.3, 0.4) is 0 Å². The van der Waals surface area contributed by atoms with Crippen LogP contribution in [0.15, 0.2) is 35.3 Å². The van der Waals surface area contributed by atoms with E-state index in [0.717, 1.165) is 0 Å². The van der Waals surface area contributed by atoms with Gasteiger partial charge < -0.3 is 75.1 Å². The molecule has 17 N–H and O–H groups in total. The van der Waals surface area contributed by atoms with Gasteiger partial charge in [0, 0.05) is 13.0 Å². The van der Waals surface area contributed by atoms with Gasteiger partial charge in [0.2, 0.25) is 47.3 Å². The first-order valence-electron chi connectivity index (χ1n) is 21.1. The minimum atomic E-state index is -1.62. The predicted molar refractivity (Wildman–Crippen MR) is 237 cm³/mol. The van der Waals surface area contributed by atoms with E-state index in [1.807, 2.05) is 13.8 Å². The molecule has 0 unspecified atom stereocenters. The maximum atomic E-state index is 13.6. The number of rotatable bonds is 28. The number of aliphatic imine (C=N–C) groups is 1. The van der Waals surface area contributed by atoms with Gasteiger partial charge in [0.15, 0.2) is 5.96 Å². The van der Waals surface area contributed by atoms with E-state index in [0.29, 0.717) is 12.0 Å². The lowest BCUT2D eigenvalue weighted by Crippen LogP contribution is -2.60. The topological polar surface area (TPSA) is 401 Å². The Morgan fingerprint density at radius 3 is 1.63 bits per heavy atom. The molecule has 364 valence electrons. The van der Waals surface area contributed by atoms with E-state index in [1.54, 1.807) is 44.2 Å². The van der Waals surface area contributed by atoms with Crippen molar-refractivity contribution in [3.63, 3.8) is 0 Å². The van der Waals surface area contributed by atoms with Crippen LogP contribution in [0.1, 0.15) is 73.3 Å². The molecule has 0 aliphatic carbocycles. The first kappa shape index (κ1) is 56.6. The van der Waals surface area contributed by atoms with Crippen LogP contribution in [0.4, 0.5) is 0 Å². The Kier molecular flexibility index (Phi) is 24.7. The average molecular weight is 921 g/mol. The molecule has 0 aliphatic rings. The molecule has 0 aromatic heterocycles. The average Bonchev–Trinajstić information content (AvgIpc) is 3.21. The standard InChI is InChI=1S/C41H68N12O12/c1-20(2)16-26(42)35(59)48-22(5)34(58)52-32(23(6)54)38(62)47-19-29(56)49-27(14-11-15-45-41(43)44)36(60)46-18-30(57)50-28(17-25-12-9-8-10-13-25)37(61)53-33(24(7)55)39(63)51-31(21(3)4)40(64)65/h8-10,12-13,20-24,26-28,31-33,54-55H,11,14-19,42H2,1-7H3,(H,46,60)(H,47,62)(H,48,59)(H,49,56)(H,50,57)(H,51,63)(H,52,58)(H,53,61)(H,64,65)(H4,43,44,45)/t22-,23+,24+,26-,27-,28-,31-,32-,33-/m0/s1. The van der Waals surface area contributed by atoms with Gasteiger partial charge in [-0.25, -0.2) is 4.79 Å². The Labute approximate surface area is 377 Å². The number of benzene rings is 1. The van der Waals surface area contributed by atoms with Gasteiger partial charge in [-0.15, -0.1) is 0 Å². The van der Waals surface area contributed by atoms with Crippen molar-refractivity contribution in [3.8, 4) is 0 Å². The molecule has 0 bridgehead atoms. The van der Waals surface area contributed by atoms with Gasteiger partial charge in [0.05, 0.1) is 31.3 Å². The second-order valence-corrected chi connectivity index (χ2v) is 16.3. The molecule has 0 saturated carbocycles. The van der Waals surface area contributed by atoms with Crippen molar-refractivity contribution < 1.29 is 58.5 Å². The van der Waals surface area contributed by atoms with Crippen LogP contribution in [0.25, 0.3) is 0 Å². The van der Waals surface area contributed by atoms with E-state index in [9.17, 15) is 58.5 Å². The molecule has 1 aromatic rings. The number of aliphatic hydroxyl groups is 2. The molecule has 24 heteroatoms. The van der Waals surface area contributed by atoms with Crippen LogP contribution in [-0.2, 0) is 49.6 Å². The summed E-state index contributed by atoms with van der Waals surface area (Å²) in [6, 6.07) is -0.813. The van der Waals surface area contributed by atoms with Gasteiger partial charge in [-0.2, -0.15) is 0 Å². The molecule has 9 atom stereocenters. The number of aliphatic carboxylic acids is 1. The van der Waals surface area contributed by atoms with Crippen molar-refractivity contribution in [2.24, 2.45) is 34.0 Å². The zero-order chi connectivity index (χ0) is 49.6. The smallest absolute Gasteiger partial charge is 0.326 e. The fourth-order valence-electron chi connectivity index (χ4n) is 5.99. The molecule has 0 aliphatic heterocycles. The maximum Gasteiger partial charge on any atom is 0.326 e. The normalized spacial score (nSPS) is 15.2. The number of hydrogen-bond donors (Lipinski definition) is 14. The van der Waals surface area contributed by atoms with E-state index >= 15 is 0 Å². The number of carbonyl (C=O) groups excluding carboxylic acids is 8. The van der Waals surface area contributed by atoms with Gasteiger partial charge >= 0.3 is 5.97 Å². The highest BCUT2D eigenvalue weighted by Crippen LogP contribution is 2.08. The molecule has 0 spiro atoms. The van der Waals surface area contributed by atoms with Crippen molar-refractivity contribution in [1.29, 1.82) is 0 Å². The number of guanidine groups is 1. The van der Waals surface area contributed by atoms with Crippen molar-refractivity contribution in [3.05, 3.63) is 35.9 Å².